The van der Waals surface area contributed by atoms with Crippen LogP contribution in [0.3, 0.4) is 0 Å². The van der Waals surface area contributed by atoms with Crippen molar-refractivity contribution in [1.82, 2.24) is 31.2 Å². The van der Waals surface area contributed by atoms with Gasteiger partial charge in [-0.05, 0) is 167 Å². The molecular weight excluding hydrogens is 915 g/mol. The van der Waals surface area contributed by atoms with Crippen LogP contribution in [0.25, 0.3) is 32.7 Å². The molecule has 2 atom stereocenters. The van der Waals surface area contributed by atoms with E-state index in [4.69, 9.17) is 15.2 Å². The van der Waals surface area contributed by atoms with E-state index < -0.39 is 92.3 Å². The largest absolute Gasteiger partial charge is 0.784 e. The van der Waals surface area contributed by atoms with Gasteiger partial charge in [-0.25, -0.2) is 9.59 Å². The van der Waals surface area contributed by atoms with E-state index in [0.29, 0.717) is 0 Å². The summed E-state index contributed by atoms with van der Waals surface area (Å²) in [6.45, 7) is 25.8. The number of esters is 1. The van der Waals surface area contributed by atoms with Gasteiger partial charge < -0.3 is 41.4 Å². The molecule has 4 aromatic rings. The standard InChI is InChI=1S/C56H76N7O9/c1-33(44(65)71-49(3,4)5)58-45(66)53(13,14)59-43(64)34(2)62(47(68)55(57)31-51(9,10)63(70)52(11,12)32-55)46(67)54(15,16)61-56(60-48(69)72-50(6,7)8)29-37-27-25-35-21-17-19-23-39(35)41(37)42-38(30-56)28-26-36-22-18-20-24-40(36)42/h17-28,33-34,61H,29-32,57H2,1-16H3,(H,58,66)(H,59,64)(H,60,69)/q-1/t33-,34-/m0/s1. The molecule has 0 aromatic heterocycles. The molecule has 0 spiro atoms. The predicted molar refractivity (Wildman–Crippen MR) is 280 cm³/mol. The third kappa shape index (κ3) is 11.6. The van der Waals surface area contributed by atoms with Gasteiger partial charge in [0.2, 0.25) is 23.6 Å². The highest BCUT2D eigenvalue weighted by Crippen LogP contribution is 2.45. The fourth-order valence-corrected chi connectivity index (χ4v) is 10.7. The van der Waals surface area contributed by atoms with Gasteiger partial charge in [0.05, 0.1) is 11.1 Å². The lowest BCUT2D eigenvalue weighted by Crippen LogP contribution is -2.75. The number of nitrogens with two attached hydrogens (primary N) is 1. The summed E-state index contributed by atoms with van der Waals surface area (Å²) < 4.78 is 11.4. The number of hydroxylamine groups is 2. The summed E-state index contributed by atoms with van der Waals surface area (Å²) in [5, 5.41) is 30.6. The lowest BCUT2D eigenvalue weighted by atomic mass is 9.70. The summed E-state index contributed by atoms with van der Waals surface area (Å²) in [6, 6.07) is 21.6. The molecule has 0 radical (unpaired) electrons. The first-order chi connectivity index (χ1) is 32.9. The average Bonchev–Trinajstić information content (AvgIpc) is 3.37. The zero-order valence-corrected chi connectivity index (χ0v) is 45.1. The van der Waals surface area contributed by atoms with Crippen LogP contribution in [0, 0.1) is 5.21 Å². The Labute approximate surface area is 424 Å². The number of imide groups is 1. The Morgan fingerprint density at radius 3 is 1.60 bits per heavy atom. The number of nitrogens with one attached hydrogen (secondary N) is 4. The third-order valence-electron chi connectivity index (χ3n) is 13.4. The minimum Gasteiger partial charge on any atom is -0.784 e. The summed E-state index contributed by atoms with van der Waals surface area (Å²) in [7, 11) is 0. The second-order valence-electron chi connectivity index (χ2n) is 24.4. The fourth-order valence-electron chi connectivity index (χ4n) is 10.7. The van der Waals surface area contributed by atoms with E-state index in [0.717, 1.165) is 53.8 Å². The van der Waals surface area contributed by atoms with E-state index in [9.17, 15) is 24.4 Å². The maximum Gasteiger partial charge on any atom is 0.409 e. The highest BCUT2D eigenvalue weighted by molar-refractivity contribution is 6.09. The van der Waals surface area contributed by atoms with E-state index >= 15 is 9.59 Å². The molecule has 16 heteroatoms. The Morgan fingerprint density at radius 1 is 0.681 bits per heavy atom. The first kappa shape index (κ1) is 55.4. The number of hydrogen-bond acceptors (Lipinski definition) is 12. The van der Waals surface area contributed by atoms with Crippen LogP contribution >= 0.6 is 0 Å². The van der Waals surface area contributed by atoms with Gasteiger partial charge in [-0.1, -0.05) is 72.8 Å². The first-order valence-corrected chi connectivity index (χ1v) is 24.7. The molecule has 0 unspecified atom stereocenters. The minimum atomic E-state index is -1.85. The molecule has 1 aliphatic heterocycles. The molecule has 0 saturated carbocycles. The van der Waals surface area contributed by atoms with E-state index in [2.05, 4.69) is 33.4 Å². The number of nitrogens with zero attached hydrogens (tertiary/aromatic N) is 2. The SMILES string of the molecule is C[C@H](NC(=O)C(C)(C)NC(=O)[C@H](C)N(C(=O)C1(N)CC(C)(C)N([O-])C(C)(C)C1)C(=O)C(C)(C)NC1(NC(=O)OC(C)(C)C)Cc2ccc3ccccc3c2-c2c(ccc3ccccc23)C1)C(=O)OC(C)(C)C. The number of piperidine rings is 1. The summed E-state index contributed by atoms with van der Waals surface area (Å²) in [4.78, 5) is 87.8. The summed E-state index contributed by atoms with van der Waals surface area (Å²) in [6.07, 6.45) is -0.851. The summed E-state index contributed by atoms with van der Waals surface area (Å²) >= 11 is 0. The normalized spacial score (nSPS) is 18.3. The van der Waals surface area contributed by atoms with Gasteiger partial charge in [0.15, 0.2) is 0 Å². The molecule has 4 aromatic carbocycles. The lowest BCUT2D eigenvalue weighted by Gasteiger charge is -2.62. The lowest BCUT2D eigenvalue weighted by molar-refractivity contribution is -0.163. The van der Waals surface area contributed by atoms with Gasteiger partial charge in [0.25, 0.3) is 0 Å². The number of carbonyl (C=O) groups excluding carboxylic acids is 6. The second-order valence-corrected chi connectivity index (χ2v) is 24.4. The van der Waals surface area contributed by atoms with E-state index in [1.54, 1.807) is 83.1 Å². The zero-order chi connectivity index (χ0) is 53.9. The minimum absolute atomic E-state index is 0.129. The van der Waals surface area contributed by atoms with Crippen molar-refractivity contribution >= 4 is 57.2 Å². The molecular formula is C56H76N7O9-. The summed E-state index contributed by atoms with van der Waals surface area (Å²) in [5.74, 6) is -4.11. The van der Waals surface area contributed by atoms with Crippen molar-refractivity contribution in [3.05, 3.63) is 89.1 Å². The second kappa shape index (κ2) is 19.2. The maximum atomic E-state index is 15.9. The summed E-state index contributed by atoms with van der Waals surface area (Å²) in [5.41, 5.74) is -0.147. The number of alkyl carbamates (subject to hydrolysis) is 1. The molecule has 1 fully saturated rings. The Bertz CT molecular complexity index is 2700. The quantitative estimate of drug-likeness (QED) is 0.0721. The molecule has 0 bridgehead atoms. The van der Waals surface area contributed by atoms with Crippen molar-refractivity contribution in [2.45, 2.75) is 193 Å². The van der Waals surface area contributed by atoms with Crippen LogP contribution in [-0.4, -0.2) is 102 Å². The molecule has 390 valence electrons. The topological polar surface area (TPSA) is 225 Å². The van der Waals surface area contributed by atoms with Crippen molar-refractivity contribution in [2.24, 2.45) is 5.73 Å². The molecule has 72 heavy (non-hydrogen) atoms. The number of ether oxygens (including phenoxy) is 2. The van der Waals surface area contributed by atoms with Crippen molar-refractivity contribution < 1.29 is 38.2 Å². The third-order valence-corrected chi connectivity index (χ3v) is 13.4. The smallest absolute Gasteiger partial charge is 0.409 e. The van der Waals surface area contributed by atoms with Crippen molar-refractivity contribution in [3.8, 4) is 11.1 Å². The fraction of sp³-hybridized carbons (Fsp3) is 0.536. The van der Waals surface area contributed by atoms with Gasteiger partial charge in [-0.3, -0.25) is 29.4 Å². The molecule has 1 heterocycles. The van der Waals surface area contributed by atoms with Crippen molar-refractivity contribution in [3.63, 3.8) is 0 Å². The number of benzene rings is 4. The van der Waals surface area contributed by atoms with Crippen LogP contribution in [0.5, 0.6) is 0 Å². The number of hydrogen-bond donors (Lipinski definition) is 5. The van der Waals surface area contributed by atoms with Crippen molar-refractivity contribution in [1.29, 1.82) is 0 Å². The Morgan fingerprint density at radius 2 is 1.14 bits per heavy atom. The zero-order valence-electron chi connectivity index (χ0n) is 45.1. The van der Waals surface area contributed by atoms with Gasteiger partial charge in [-0.15, -0.1) is 0 Å². The van der Waals surface area contributed by atoms with Gasteiger partial charge in [-0.2, -0.15) is 0 Å². The predicted octanol–water partition coefficient (Wildman–Crippen LogP) is 7.68. The Hall–Kier alpha value is -5.94. The van der Waals surface area contributed by atoms with Crippen LogP contribution in [0.1, 0.15) is 135 Å². The number of amides is 5. The number of fused-ring (bicyclic) bond motifs is 7. The molecule has 2 aliphatic rings. The van der Waals surface area contributed by atoms with E-state index in [1.165, 1.54) is 27.7 Å². The number of carbonyl (C=O) groups is 6. The molecule has 5 amide bonds. The maximum absolute atomic E-state index is 15.9. The molecule has 1 saturated heterocycles. The molecule has 6 rings (SSSR count). The van der Waals surface area contributed by atoms with Crippen molar-refractivity contribution in [2.75, 3.05) is 0 Å². The monoisotopic (exact) mass is 991 g/mol. The van der Waals surface area contributed by atoms with E-state index in [-0.39, 0.29) is 25.7 Å². The number of rotatable bonds is 11. The highest BCUT2D eigenvalue weighted by Gasteiger charge is 2.56. The van der Waals surface area contributed by atoms with Crippen LogP contribution in [0.15, 0.2) is 72.8 Å². The van der Waals surface area contributed by atoms with Crippen LogP contribution in [0.4, 0.5) is 4.79 Å². The first-order valence-electron chi connectivity index (χ1n) is 24.7. The van der Waals surface area contributed by atoms with Gasteiger partial charge in [0.1, 0.15) is 34.5 Å². The molecule has 6 N–H and O–H groups in total. The molecule has 16 nitrogen and oxygen atoms in total. The van der Waals surface area contributed by atoms with Gasteiger partial charge >= 0.3 is 12.1 Å². The Kier molecular flexibility index (Phi) is 14.7. The van der Waals surface area contributed by atoms with Crippen LogP contribution < -0.4 is 27.0 Å². The highest BCUT2D eigenvalue weighted by atomic mass is 16.6. The average molecular weight is 991 g/mol. The van der Waals surface area contributed by atoms with E-state index in [1.807, 2.05) is 60.7 Å². The van der Waals surface area contributed by atoms with Crippen LogP contribution in [-0.2, 0) is 46.3 Å². The molecule has 1 aliphatic carbocycles. The Balaban J connectivity index is 1.47. The van der Waals surface area contributed by atoms with Gasteiger partial charge in [0, 0.05) is 23.9 Å². The van der Waals surface area contributed by atoms with Crippen LogP contribution in [0.2, 0.25) is 0 Å².